The highest BCUT2D eigenvalue weighted by atomic mass is 19.2. The average Bonchev–Trinajstić information content (AvgIpc) is 2.78. The smallest absolute Gasteiger partial charge is 0.159 e. The van der Waals surface area contributed by atoms with Crippen molar-refractivity contribution in [3.63, 3.8) is 0 Å². The first-order chi connectivity index (χ1) is 14.6. The van der Waals surface area contributed by atoms with Gasteiger partial charge in [0.25, 0.3) is 0 Å². The van der Waals surface area contributed by atoms with Crippen LogP contribution in [0.5, 0.6) is 0 Å². The first kappa shape index (κ1) is 19.8. The Hall–Kier alpha value is -3.48. The van der Waals surface area contributed by atoms with E-state index in [1.807, 2.05) is 30.3 Å². The lowest BCUT2D eigenvalue weighted by Gasteiger charge is -2.05. The SMILES string of the molecule is COCCc1ccc(-c2ccc(C#Cc3ccc4cc(F)c(F)cc4c3)cc2)cc1. The summed E-state index contributed by atoms with van der Waals surface area (Å²) in [7, 11) is 1.71. The molecule has 0 saturated heterocycles. The molecule has 0 amide bonds. The van der Waals surface area contributed by atoms with E-state index < -0.39 is 11.6 Å². The van der Waals surface area contributed by atoms with Crippen LogP contribution >= 0.6 is 0 Å². The van der Waals surface area contributed by atoms with Gasteiger partial charge in [-0.15, -0.1) is 0 Å². The van der Waals surface area contributed by atoms with Crippen molar-refractivity contribution in [2.45, 2.75) is 6.42 Å². The highest BCUT2D eigenvalue weighted by Gasteiger charge is 2.04. The van der Waals surface area contributed by atoms with Crippen LogP contribution in [0.3, 0.4) is 0 Å². The van der Waals surface area contributed by atoms with Crippen LogP contribution in [-0.2, 0) is 11.2 Å². The summed E-state index contributed by atoms with van der Waals surface area (Å²) in [6.45, 7) is 0.718. The van der Waals surface area contributed by atoms with E-state index in [1.165, 1.54) is 17.7 Å². The number of fused-ring (bicyclic) bond motifs is 1. The fourth-order valence-corrected chi connectivity index (χ4v) is 3.29. The van der Waals surface area contributed by atoms with E-state index in [4.69, 9.17) is 4.74 Å². The third kappa shape index (κ3) is 4.56. The predicted molar refractivity (Wildman–Crippen MR) is 117 cm³/mol. The number of halogens is 2. The Balaban J connectivity index is 1.51. The minimum Gasteiger partial charge on any atom is -0.384 e. The van der Waals surface area contributed by atoms with Crippen molar-refractivity contribution in [2.24, 2.45) is 0 Å². The summed E-state index contributed by atoms with van der Waals surface area (Å²) in [5.74, 6) is 4.53. The molecule has 4 aromatic carbocycles. The second-order valence-corrected chi connectivity index (χ2v) is 7.10. The first-order valence-electron chi connectivity index (χ1n) is 9.71. The zero-order chi connectivity index (χ0) is 20.9. The van der Waals surface area contributed by atoms with Gasteiger partial charge < -0.3 is 4.74 Å². The number of ether oxygens (including phenoxy) is 1. The number of benzene rings is 4. The summed E-state index contributed by atoms with van der Waals surface area (Å²) in [4.78, 5) is 0. The van der Waals surface area contributed by atoms with Gasteiger partial charge in [0.05, 0.1) is 6.61 Å². The van der Waals surface area contributed by atoms with Crippen LogP contribution in [0.15, 0.2) is 78.9 Å². The van der Waals surface area contributed by atoms with E-state index in [2.05, 4.69) is 36.1 Å². The molecular formula is C27H20F2O. The largest absolute Gasteiger partial charge is 0.384 e. The van der Waals surface area contributed by atoms with Gasteiger partial charge in [-0.05, 0) is 70.3 Å². The fraction of sp³-hybridized carbons (Fsp3) is 0.111. The number of hydrogen-bond acceptors (Lipinski definition) is 1. The maximum absolute atomic E-state index is 13.5. The maximum Gasteiger partial charge on any atom is 0.159 e. The zero-order valence-corrected chi connectivity index (χ0v) is 16.6. The van der Waals surface area contributed by atoms with Gasteiger partial charge in [-0.2, -0.15) is 0 Å². The van der Waals surface area contributed by atoms with E-state index in [0.29, 0.717) is 10.8 Å². The first-order valence-corrected chi connectivity index (χ1v) is 9.71. The Morgan fingerprint density at radius 1 is 0.667 bits per heavy atom. The molecule has 0 aromatic heterocycles. The molecule has 0 heterocycles. The van der Waals surface area contributed by atoms with Crippen LogP contribution in [-0.4, -0.2) is 13.7 Å². The van der Waals surface area contributed by atoms with Gasteiger partial charge in [0.2, 0.25) is 0 Å². The van der Waals surface area contributed by atoms with Gasteiger partial charge in [0.15, 0.2) is 11.6 Å². The maximum atomic E-state index is 13.5. The Morgan fingerprint density at radius 3 is 1.90 bits per heavy atom. The van der Waals surface area contributed by atoms with Crippen LogP contribution in [0.1, 0.15) is 16.7 Å². The number of methoxy groups -OCH3 is 1. The Kier molecular flexibility index (Phi) is 5.88. The lowest BCUT2D eigenvalue weighted by molar-refractivity contribution is 0.202. The molecule has 3 heteroatoms. The van der Waals surface area contributed by atoms with Crippen LogP contribution in [0, 0.1) is 23.5 Å². The molecule has 0 spiro atoms. The van der Waals surface area contributed by atoms with Crippen LogP contribution in [0.25, 0.3) is 21.9 Å². The summed E-state index contributed by atoms with van der Waals surface area (Å²) >= 11 is 0. The van der Waals surface area contributed by atoms with Crippen LogP contribution in [0.2, 0.25) is 0 Å². The summed E-state index contributed by atoms with van der Waals surface area (Å²) in [5.41, 5.74) is 5.17. The number of rotatable bonds is 4. The van der Waals surface area contributed by atoms with Gasteiger partial charge in [0, 0.05) is 18.2 Å². The molecule has 148 valence electrons. The minimum atomic E-state index is -0.852. The van der Waals surface area contributed by atoms with Gasteiger partial charge in [-0.25, -0.2) is 8.78 Å². The molecule has 0 fully saturated rings. The monoisotopic (exact) mass is 398 g/mol. The molecule has 0 aliphatic carbocycles. The van der Waals surface area contributed by atoms with E-state index in [1.54, 1.807) is 19.2 Å². The minimum absolute atomic E-state index is 0.630. The normalized spacial score (nSPS) is 10.6. The van der Waals surface area contributed by atoms with Gasteiger partial charge in [-0.1, -0.05) is 54.3 Å². The van der Waals surface area contributed by atoms with E-state index in [-0.39, 0.29) is 0 Å². The van der Waals surface area contributed by atoms with Crippen molar-refractivity contribution in [1.29, 1.82) is 0 Å². The highest BCUT2D eigenvalue weighted by Crippen LogP contribution is 2.21. The summed E-state index contributed by atoms with van der Waals surface area (Å²) in [6, 6.07) is 24.3. The molecule has 1 nitrogen and oxygen atoms in total. The quantitative estimate of drug-likeness (QED) is 0.363. The molecule has 0 saturated carbocycles. The molecule has 0 bridgehead atoms. The molecule has 0 N–H and O–H groups in total. The van der Waals surface area contributed by atoms with Gasteiger partial charge in [0.1, 0.15) is 0 Å². The van der Waals surface area contributed by atoms with Crippen molar-refractivity contribution in [2.75, 3.05) is 13.7 Å². The van der Waals surface area contributed by atoms with E-state index in [0.717, 1.165) is 35.3 Å². The van der Waals surface area contributed by atoms with Gasteiger partial charge in [-0.3, -0.25) is 0 Å². The highest BCUT2D eigenvalue weighted by molar-refractivity contribution is 5.84. The lowest BCUT2D eigenvalue weighted by Crippen LogP contribution is -1.93. The predicted octanol–water partition coefficient (Wildman–Crippen LogP) is 6.37. The second kappa shape index (κ2) is 8.90. The molecule has 0 radical (unpaired) electrons. The molecule has 0 atom stereocenters. The summed E-state index contributed by atoms with van der Waals surface area (Å²) < 4.78 is 31.9. The van der Waals surface area contributed by atoms with Crippen LogP contribution in [0.4, 0.5) is 8.78 Å². The third-order valence-electron chi connectivity index (χ3n) is 5.00. The van der Waals surface area contributed by atoms with Gasteiger partial charge >= 0.3 is 0 Å². The van der Waals surface area contributed by atoms with Crippen molar-refractivity contribution in [3.8, 4) is 23.0 Å². The van der Waals surface area contributed by atoms with Crippen molar-refractivity contribution in [1.82, 2.24) is 0 Å². The molecule has 0 aliphatic heterocycles. The average molecular weight is 398 g/mol. The molecule has 0 aliphatic rings. The molecule has 30 heavy (non-hydrogen) atoms. The molecule has 4 rings (SSSR count). The van der Waals surface area contributed by atoms with Crippen molar-refractivity contribution < 1.29 is 13.5 Å². The number of hydrogen-bond donors (Lipinski definition) is 0. The second-order valence-electron chi connectivity index (χ2n) is 7.10. The summed E-state index contributed by atoms with van der Waals surface area (Å²) in [5, 5.41) is 1.28. The molecule has 0 unspecified atom stereocenters. The van der Waals surface area contributed by atoms with E-state index >= 15 is 0 Å². The standard InChI is InChI=1S/C27H20F2O/c1-30-15-14-20-6-11-23(12-7-20)22-9-4-19(5-10-22)2-3-21-8-13-24-17-26(28)27(29)18-25(24)16-21/h4-13,16-18H,14-15H2,1H3. The lowest BCUT2D eigenvalue weighted by atomic mass is 10.0. The van der Waals surface area contributed by atoms with Crippen LogP contribution < -0.4 is 0 Å². The Labute approximate surface area is 174 Å². The zero-order valence-electron chi connectivity index (χ0n) is 16.6. The molecular weight excluding hydrogens is 378 g/mol. The van der Waals surface area contributed by atoms with E-state index in [9.17, 15) is 8.78 Å². The fourth-order valence-electron chi connectivity index (χ4n) is 3.29. The molecule has 4 aromatic rings. The topological polar surface area (TPSA) is 9.23 Å². The van der Waals surface area contributed by atoms with Crippen molar-refractivity contribution in [3.05, 3.63) is 107 Å². The van der Waals surface area contributed by atoms with Crippen molar-refractivity contribution >= 4 is 10.8 Å². The third-order valence-corrected chi connectivity index (χ3v) is 5.00. The summed E-state index contributed by atoms with van der Waals surface area (Å²) in [6.07, 6.45) is 0.904. The Morgan fingerprint density at radius 2 is 1.23 bits per heavy atom. The Bertz CT molecular complexity index is 1230.